The molecule has 0 amide bonds. The van der Waals surface area contributed by atoms with Gasteiger partial charge in [0.1, 0.15) is 5.75 Å². The van der Waals surface area contributed by atoms with E-state index in [1.807, 2.05) is 12.1 Å². The van der Waals surface area contributed by atoms with Crippen LogP contribution in [0.15, 0.2) is 18.2 Å². The molecule has 0 unspecified atom stereocenters. The summed E-state index contributed by atoms with van der Waals surface area (Å²) in [5, 5.41) is 8.93. The highest BCUT2D eigenvalue weighted by Crippen LogP contribution is 2.24. The van der Waals surface area contributed by atoms with E-state index in [0.717, 1.165) is 37.0 Å². The van der Waals surface area contributed by atoms with Crippen LogP contribution < -0.4 is 10.5 Å². The summed E-state index contributed by atoms with van der Waals surface area (Å²) in [4.78, 5) is 0. The standard InChI is InChI=1S/C15H20N2O2/c1-18-15-7-2-11(9-16)8-12(15)10-19-14-5-3-13(17)4-6-14/h2,7-8,13-14H,3-6,10,17H2,1H3. The summed E-state index contributed by atoms with van der Waals surface area (Å²) in [5.74, 6) is 0.770. The number of nitriles is 1. The van der Waals surface area contributed by atoms with Crippen molar-refractivity contribution in [3.63, 3.8) is 0 Å². The SMILES string of the molecule is COc1ccc(C#N)cc1COC1CCC(N)CC1. The smallest absolute Gasteiger partial charge is 0.124 e. The van der Waals surface area contributed by atoms with E-state index in [-0.39, 0.29) is 6.10 Å². The molecule has 1 aliphatic rings. The number of benzene rings is 1. The lowest BCUT2D eigenvalue weighted by atomic mass is 9.94. The third kappa shape index (κ3) is 3.69. The van der Waals surface area contributed by atoms with Crippen molar-refractivity contribution in [2.75, 3.05) is 7.11 Å². The third-order valence-electron chi connectivity index (χ3n) is 3.60. The Bertz CT molecular complexity index is 460. The molecule has 0 bridgehead atoms. The maximum atomic E-state index is 8.93. The second-order valence-corrected chi connectivity index (χ2v) is 4.99. The van der Waals surface area contributed by atoms with Gasteiger partial charge in [-0.1, -0.05) is 0 Å². The van der Waals surface area contributed by atoms with Crippen LogP contribution >= 0.6 is 0 Å². The average molecular weight is 260 g/mol. The summed E-state index contributed by atoms with van der Waals surface area (Å²) >= 11 is 0. The van der Waals surface area contributed by atoms with E-state index in [2.05, 4.69) is 6.07 Å². The van der Waals surface area contributed by atoms with Crippen molar-refractivity contribution >= 4 is 0 Å². The lowest BCUT2D eigenvalue weighted by Crippen LogP contribution is -2.30. The fourth-order valence-corrected chi connectivity index (χ4v) is 2.42. The van der Waals surface area contributed by atoms with Gasteiger partial charge in [-0.3, -0.25) is 0 Å². The van der Waals surface area contributed by atoms with E-state index in [1.165, 1.54) is 0 Å². The largest absolute Gasteiger partial charge is 0.496 e. The average Bonchev–Trinajstić information content (AvgIpc) is 2.46. The van der Waals surface area contributed by atoms with Crippen molar-refractivity contribution in [3.8, 4) is 11.8 Å². The van der Waals surface area contributed by atoms with E-state index in [4.69, 9.17) is 20.5 Å². The predicted molar refractivity (Wildman–Crippen MR) is 72.7 cm³/mol. The number of ether oxygens (including phenoxy) is 2. The van der Waals surface area contributed by atoms with E-state index in [9.17, 15) is 0 Å². The van der Waals surface area contributed by atoms with Crippen LogP contribution in [0.3, 0.4) is 0 Å². The first-order valence-corrected chi connectivity index (χ1v) is 6.67. The third-order valence-corrected chi connectivity index (χ3v) is 3.60. The van der Waals surface area contributed by atoms with E-state index < -0.39 is 0 Å². The molecule has 2 N–H and O–H groups in total. The number of hydrogen-bond donors (Lipinski definition) is 1. The van der Waals surface area contributed by atoms with Crippen molar-refractivity contribution in [2.45, 2.75) is 44.4 Å². The highest BCUT2D eigenvalue weighted by Gasteiger charge is 2.19. The normalized spacial score (nSPS) is 22.8. The number of rotatable bonds is 4. The molecule has 1 aromatic rings. The highest BCUT2D eigenvalue weighted by molar-refractivity contribution is 5.41. The minimum atomic E-state index is 0.273. The summed E-state index contributed by atoms with van der Waals surface area (Å²) < 4.78 is 11.2. The summed E-state index contributed by atoms with van der Waals surface area (Å²) in [6, 6.07) is 7.86. The van der Waals surface area contributed by atoms with E-state index in [0.29, 0.717) is 18.2 Å². The van der Waals surface area contributed by atoms with Crippen molar-refractivity contribution in [1.82, 2.24) is 0 Å². The van der Waals surface area contributed by atoms with Gasteiger partial charge >= 0.3 is 0 Å². The maximum Gasteiger partial charge on any atom is 0.124 e. The van der Waals surface area contributed by atoms with E-state index in [1.54, 1.807) is 13.2 Å². The lowest BCUT2D eigenvalue weighted by Gasteiger charge is -2.26. The second-order valence-electron chi connectivity index (χ2n) is 4.99. The van der Waals surface area contributed by atoms with Crippen LogP contribution in [0.5, 0.6) is 5.75 Å². The van der Waals surface area contributed by atoms with Gasteiger partial charge in [-0.2, -0.15) is 5.26 Å². The van der Waals surface area contributed by atoms with Crippen molar-refractivity contribution in [1.29, 1.82) is 5.26 Å². The Labute approximate surface area is 114 Å². The zero-order chi connectivity index (χ0) is 13.7. The van der Waals surface area contributed by atoms with Gasteiger partial charge in [0.25, 0.3) is 0 Å². The molecule has 4 heteroatoms. The quantitative estimate of drug-likeness (QED) is 0.902. The van der Waals surface area contributed by atoms with Crippen molar-refractivity contribution < 1.29 is 9.47 Å². The zero-order valence-corrected chi connectivity index (χ0v) is 11.3. The molecular weight excluding hydrogens is 240 g/mol. The summed E-state index contributed by atoms with van der Waals surface area (Å²) in [6.45, 7) is 0.485. The van der Waals surface area contributed by atoms with Gasteiger partial charge in [-0.05, 0) is 43.9 Å². The number of nitrogens with two attached hydrogens (primary N) is 1. The van der Waals surface area contributed by atoms with Crippen molar-refractivity contribution in [3.05, 3.63) is 29.3 Å². The molecule has 0 heterocycles. The Morgan fingerprint density at radius 1 is 1.32 bits per heavy atom. The molecule has 19 heavy (non-hydrogen) atoms. The van der Waals surface area contributed by atoms with Gasteiger partial charge in [0, 0.05) is 11.6 Å². The Hall–Kier alpha value is -1.57. The van der Waals surface area contributed by atoms with Crippen molar-refractivity contribution in [2.24, 2.45) is 5.73 Å². The molecule has 0 atom stereocenters. The van der Waals surface area contributed by atoms with Gasteiger partial charge in [0.05, 0.1) is 31.5 Å². The topological polar surface area (TPSA) is 68.3 Å². The molecule has 0 aliphatic heterocycles. The minimum Gasteiger partial charge on any atom is -0.496 e. The molecular formula is C15H20N2O2. The highest BCUT2D eigenvalue weighted by atomic mass is 16.5. The molecule has 4 nitrogen and oxygen atoms in total. The lowest BCUT2D eigenvalue weighted by molar-refractivity contribution is 0.0130. The fraction of sp³-hybridized carbons (Fsp3) is 0.533. The first kappa shape index (κ1) is 13.9. The Balaban J connectivity index is 1.96. The van der Waals surface area contributed by atoms with Crippen LogP contribution in [-0.4, -0.2) is 19.3 Å². The summed E-state index contributed by atoms with van der Waals surface area (Å²) in [6.07, 6.45) is 4.36. The van der Waals surface area contributed by atoms with Gasteiger partial charge in [-0.15, -0.1) is 0 Å². The molecule has 0 saturated heterocycles. The van der Waals surface area contributed by atoms with Gasteiger partial charge < -0.3 is 15.2 Å². The monoisotopic (exact) mass is 260 g/mol. The number of hydrogen-bond acceptors (Lipinski definition) is 4. The van der Waals surface area contributed by atoms with Crippen LogP contribution in [0.25, 0.3) is 0 Å². The van der Waals surface area contributed by atoms with Gasteiger partial charge in [0.15, 0.2) is 0 Å². The Morgan fingerprint density at radius 3 is 2.68 bits per heavy atom. The molecule has 0 aromatic heterocycles. The number of nitrogens with zero attached hydrogens (tertiary/aromatic N) is 1. The van der Waals surface area contributed by atoms with Crippen LogP contribution in [0.2, 0.25) is 0 Å². The molecule has 0 radical (unpaired) electrons. The van der Waals surface area contributed by atoms with Gasteiger partial charge in [0.2, 0.25) is 0 Å². The van der Waals surface area contributed by atoms with Crippen LogP contribution in [0, 0.1) is 11.3 Å². The Kier molecular flexibility index (Phi) is 4.78. The zero-order valence-electron chi connectivity index (χ0n) is 11.3. The first-order valence-electron chi connectivity index (χ1n) is 6.67. The van der Waals surface area contributed by atoms with Crippen LogP contribution in [0.1, 0.15) is 36.8 Å². The maximum absolute atomic E-state index is 8.93. The predicted octanol–water partition coefficient (Wildman–Crippen LogP) is 2.35. The van der Waals surface area contributed by atoms with Crippen LogP contribution in [-0.2, 0) is 11.3 Å². The second kappa shape index (κ2) is 6.55. The molecule has 0 spiro atoms. The van der Waals surface area contributed by atoms with Gasteiger partial charge in [-0.25, -0.2) is 0 Å². The fourth-order valence-electron chi connectivity index (χ4n) is 2.42. The first-order chi connectivity index (χ1) is 9.22. The van der Waals surface area contributed by atoms with E-state index >= 15 is 0 Å². The molecule has 102 valence electrons. The van der Waals surface area contributed by atoms with Crippen LogP contribution in [0.4, 0.5) is 0 Å². The Morgan fingerprint density at radius 2 is 2.05 bits per heavy atom. The molecule has 1 aromatic carbocycles. The molecule has 1 aliphatic carbocycles. The molecule has 2 rings (SSSR count). The number of methoxy groups -OCH3 is 1. The minimum absolute atomic E-state index is 0.273. The summed E-state index contributed by atoms with van der Waals surface area (Å²) in [5.41, 5.74) is 7.43. The molecule has 1 fully saturated rings. The molecule has 1 saturated carbocycles. The summed E-state index contributed by atoms with van der Waals surface area (Å²) in [7, 11) is 1.63.